The van der Waals surface area contributed by atoms with Crippen molar-refractivity contribution in [3.63, 3.8) is 0 Å². The van der Waals surface area contributed by atoms with Gasteiger partial charge in [-0.1, -0.05) is 6.07 Å². The second-order valence-corrected chi connectivity index (χ2v) is 6.50. The molecule has 142 valence electrons. The monoisotopic (exact) mass is 378 g/mol. The van der Waals surface area contributed by atoms with E-state index in [1.165, 1.54) is 18.5 Å². The number of halogens is 3. The van der Waals surface area contributed by atoms with Crippen molar-refractivity contribution >= 4 is 11.6 Å². The molecule has 0 amide bonds. The van der Waals surface area contributed by atoms with E-state index in [0.29, 0.717) is 18.9 Å². The smallest absolute Gasteiger partial charge is 0.433 e. The predicted octanol–water partition coefficient (Wildman–Crippen LogP) is 2.75. The first-order chi connectivity index (χ1) is 12.9. The molecule has 1 aliphatic heterocycles. The van der Waals surface area contributed by atoms with Crippen LogP contribution in [0.5, 0.6) is 5.88 Å². The SMILES string of the molecule is Cc1cc(N2CCC(COc3cccc(C(F)(F)F)n3)C2)n2ncnc2n1. The first-order valence-electron chi connectivity index (χ1n) is 8.49. The van der Waals surface area contributed by atoms with E-state index in [4.69, 9.17) is 4.74 Å². The molecule has 0 radical (unpaired) electrons. The van der Waals surface area contributed by atoms with Gasteiger partial charge in [-0.3, -0.25) is 0 Å². The molecule has 4 heterocycles. The predicted molar refractivity (Wildman–Crippen MR) is 90.6 cm³/mol. The molecule has 1 unspecified atom stereocenters. The maximum absolute atomic E-state index is 12.7. The zero-order valence-electron chi connectivity index (χ0n) is 14.5. The number of nitrogens with zero attached hydrogens (tertiary/aromatic N) is 6. The Morgan fingerprint density at radius 3 is 2.93 bits per heavy atom. The molecule has 0 saturated carbocycles. The Balaban J connectivity index is 1.42. The van der Waals surface area contributed by atoms with Gasteiger partial charge in [-0.25, -0.2) is 9.97 Å². The number of pyridine rings is 1. The normalized spacial score (nSPS) is 17.6. The van der Waals surface area contributed by atoms with Gasteiger partial charge in [-0.2, -0.15) is 27.8 Å². The van der Waals surface area contributed by atoms with Crippen LogP contribution < -0.4 is 9.64 Å². The van der Waals surface area contributed by atoms with Gasteiger partial charge in [0.2, 0.25) is 5.88 Å². The Labute approximate surface area is 152 Å². The molecule has 7 nitrogen and oxygen atoms in total. The molecule has 27 heavy (non-hydrogen) atoms. The second kappa shape index (κ2) is 6.67. The molecular formula is C17H17F3N6O. The van der Waals surface area contributed by atoms with E-state index in [1.807, 2.05) is 13.0 Å². The molecular weight excluding hydrogens is 361 g/mol. The quantitative estimate of drug-likeness (QED) is 0.695. The highest BCUT2D eigenvalue weighted by Gasteiger charge is 2.33. The fourth-order valence-electron chi connectivity index (χ4n) is 3.17. The van der Waals surface area contributed by atoms with Crippen LogP contribution in [0.4, 0.5) is 19.0 Å². The van der Waals surface area contributed by atoms with Gasteiger partial charge in [-0.15, -0.1) is 0 Å². The van der Waals surface area contributed by atoms with Crippen molar-refractivity contribution in [2.75, 3.05) is 24.6 Å². The van der Waals surface area contributed by atoms with Gasteiger partial charge in [0.25, 0.3) is 5.78 Å². The number of hydrogen-bond donors (Lipinski definition) is 0. The summed E-state index contributed by atoms with van der Waals surface area (Å²) >= 11 is 0. The average molecular weight is 378 g/mol. The molecule has 3 aromatic heterocycles. The summed E-state index contributed by atoms with van der Waals surface area (Å²) < 4.78 is 45.4. The molecule has 0 N–H and O–H groups in total. The van der Waals surface area contributed by atoms with Crippen LogP contribution in [-0.4, -0.2) is 44.3 Å². The molecule has 1 aliphatic rings. The first kappa shape index (κ1) is 17.5. The van der Waals surface area contributed by atoms with Crippen LogP contribution >= 0.6 is 0 Å². The van der Waals surface area contributed by atoms with Gasteiger partial charge >= 0.3 is 6.18 Å². The highest BCUT2D eigenvalue weighted by molar-refractivity contribution is 5.47. The molecule has 1 fully saturated rings. The Bertz CT molecular complexity index is 957. The van der Waals surface area contributed by atoms with Crippen molar-refractivity contribution < 1.29 is 17.9 Å². The molecule has 4 rings (SSSR count). The zero-order chi connectivity index (χ0) is 19.0. The van der Waals surface area contributed by atoms with Gasteiger partial charge in [0.15, 0.2) is 0 Å². The Kier molecular flexibility index (Phi) is 4.33. The summed E-state index contributed by atoms with van der Waals surface area (Å²) in [7, 11) is 0. The highest BCUT2D eigenvalue weighted by Crippen LogP contribution is 2.29. The lowest BCUT2D eigenvalue weighted by molar-refractivity contribution is -0.141. The van der Waals surface area contributed by atoms with E-state index >= 15 is 0 Å². The summed E-state index contributed by atoms with van der Waals surface area (Å²) in [5, 5.41) is 4.21. The second-order valence-electron chi connectivity index (χ2n) is 6.50. The fraction of sp³-hybridized carbons (Fsp3) is 0.412. The third kappa shape index (κ3) is 3.64. The zero-order valence-corrected chi connectivity index (χ0v) is 14.5. The molecule has 0 bridgehead atoms. The van der Waals surface area contributed by atoms with Gasteiger partial charge < -0.3 is 9.64 Å². The molecule has 0 aliphatic carbocycles. The van der Waals surface area contributed by atoms with Gasteiger partial charge in [0.05, 0.1) is 6.61 Å². The van der Waals surface area contributed by atoms with Crippen molar-refractivity contribution in [1.82, 2.24) is 24.6 Å². The Morgan fingerprint density at radius 2 is 2.11 bits per heavy atom. The van der Waals surface area contributed by atoms with E-state index in [0.717, 1.165) is 30.5 Å². The summed E-state index contributed by atoms with van der Waals surface area (Å²) in [6.07, 6.45) is -2.16. The number of fused-ring (bicyclic) bond motifs is 1. The van der Waals surface area contributed by atoms with Crippen LogP contribution in [0.1, 0.15) is 17.8 Å². The van der Waals surface area contributed by atoms with E-state index in [1.54, 1.807) is 4.52 Å². The first-order valence-corrected chi connectivity index (χ1v) is 8.49. The van der Waals surface area contributed by atoms with E-state index in [2.05, 4.69) is 25.0 Å². The standard InChI is InChI=1S/C17H17F3N6O/c1-11-7-15(26-16(23-11)21-10-22-26)25-6-5-12(8-25)9-27-14-4-2-3-13(24-14)17(18,19)20/h2-4,7,10,12H,5-6,8-9H2,1H3. The van der Waals surface area contributed by atoms with Gasteiger partial charge in [-0.05, 0) is 19.4 Å². The summed E-state index contributed by atoms with van der Waals surface area (Å²) in [4.78, 5) is 14.1. The number of aromatic nitrogens is 5. The minimum Gasteiger partial charge on any atom is -0.477 e. The topological polar surface area (TPSA) is 68.4 Å². The molecule has 10 heteroatoms. The van der Waals surface area contributed by atoms with Crippen LogP contribution in [0, 0.1) is 12.8 Å². The number of rotatable bonds is 4. The third-order valence-electron chi connectivity index (χ3n) is 4.45. The number of anilines is 1. The molecule has 0 spiro atoms. The Hall–Kier alpha value is -2.91. The lowest BCUT2D eigenvalue weighted by Gasteiger charge is -2.19. The molecule has 1 atom stereocenters. The van der Waals surface area contributed by atoms with Gasteiger partial charge in [0.1, 0.15) is 17.8 Å². The maximum Gasteiger partial charge on any atom is 0.433 e. The van der Waals surface area contributed by atoms with E-state index < -0.39 is 11.9 Å². The van der Waals surface area contributed by atoms with Crippen LogP contribution in [-0.2, 0) is 6.18 Å². The van der Waals surface area contributed by atoms with Crippen LogP contribution in [0.15, 0.2) is 30.6 Å². The van der Waals surface area contributed by atoms with Crippen molar-refractivity contribution in [1.29, 1.82) is 0 Å². The van der Waals surface area contributed by atoms with Crippen LogP contribution in [0.2, 0.25) is 0 Å². The maximum atomic E-state index is 12.7. The van der Waals surface area contributed by atoms with Crippen LogP contribution in [0.3, 0.4) is 0 Å². The minimum absolute atomic E-state index is 0.0123. The minimum atomic E-state index is -4.48. The van der Waals surface area contributed by atoms with E-state index in [-0.39, 0.29) is 11.8 Å². The van der Waals surface area contributed by atoms with Crippen molar-refractivity contribution in [2.24, 2.45) is 5.92 Å². The number of alkyl halides is 3. The number of aryl methyl sites for hydroxylation is 1. The highest BCUT2D eigenvalue weighted by atomic mass is 19.4. The summed E-state index contributed by atoms with van der Waals surface area (Å²) in [6.45, 7) is 3.70. The van der Waals surface area contributed by atoms with Crippen molar-refractivity contribution in [3.05, 3.63) is 42.0 Å². The molecule has 0 aromatic carbocycles. The lowest BCUT2D eigenvalue weighted by Crippen LogP contribution is -2.24. The summed E-state index contributed by atoms with van der Waals surface area (Å²) in [6, 6.07) is 5.61. The Morgan fingerprint density at radius 1 is 1.26 bits per heavy atom. The average Bonchev–Trinajstić information content (AvgIpc) is 3.28. The third-order valence-corrected chi connectivity index (χ3v) is 4.45. The summed E-state index contributed by atoms with van der Waals surface area (Å²) in [5.74, 6) is 1.60. The molecule has 3 aromatic rings. The van der Waals surface area contributed by atoms with Crippen molar-refractivity contribution in [2.45, 2.75) is 19.5 Å². The summed E-state index contributed by atoms with van der Waals surface area (Å²) in [5.41, 5.74) is -0.104. The van der Waals surface area contributed by atoms with Crippen LogP contribution in [0.25, 0.3) is 5.78 Å². The largest absolute Gasteiger partial charge is 0.477 e. The number of ether oxygens (including phenoxy) is 1. The van der Waals surface area contributed by atoms with Gasteiger partial charge in [0, 0.05) is 36.8 Å². The van der Waals surface area contributed by atoms with Crippen molar-refractivity contribution in [3.8, 4) is 5.88 Å². The fourth-order valence-corrected chi connectivity index (χ4v) is 3.17. The van der Waals surface area contributed by atoms with E-state index in [9.17, 15) is 13.2 Å². The molecule has 1 saturated heterocycles. The number of hydrogen-bond acceptors (Lipinski definition) is 6. The lowest BCUT2D eigenvalue weighted by atomic mass is 10.1.